The van der Waals surface area contributed by atoms with Gasteiger partial charge in [0.25, 0.3) is 0 Å². The smallest absolute Gasteiger partial charge is 0.316 e. The van der Waals surface area contributed by atoms with Gasteiger partial charge in [-0.15, -0.1) is 0 Å². The molecule has 2 aromatic rings. The van der Waals surface area contributed by atoms with Crippen LogP contribution in [0.4, 0.5) is 11.4 Å². The molecule has 0 spiro atoms. The van der Waals surface area contributed by atoms with Crippen molar-refractivity contribution in [3.63, 3.8) is 0 Å². The molecule has 2 aliphatic rings. The molecule has 0 atom stereocenters. The lowest BCUT2D eigenvalue weighted by Crippen LogP contribution is -2.33. The van der Waals surface area contributed by atoms with Gasteiger partial charge in [-0.3, -0.25) is 13.8 Å². The zero-order valence-corrected chi connectivity index (χ0v) is 18.4. The first-order valence-electron chi connectivity index (χ1n) is 10.4. The maximum absolute atomic E-state index is 12.7. The van der Waals surface area contributed by atoms with E-state index in [1.54, 1.807) is 6.07 Å². The molecule has 6 nitrogen and oxygen atoms in total. The van der Waals surface area contributed by atoms with Crippen LogP contribution in [0.2, 0.25) is 5.02 Å². The van der Waals surface area contributed by atoms with Crippen LogP contribution in [0.3, 0.4) is 0 Å². The molecule has 2 aliphatic heterocycles. The van der Waals surface area contributed by atoms with Crippen molar-refractivity contribution in [3.8, 4) is 0 Å². The highest BCUT2D eigenvalue weighted by molar-refractivity contribution is 7.94. The molecule has 0 unspecified atom stereocenters. The summed E-state index contributed by atoms with van der Waals surface area (Å²) in [6, 6.07) is 11.4. The minimum Gasteiger partial charge on any atom is -0.316 e. The number of rotatable bonds is 9. The number of nitrogens with one attached hydrogen (secondary N) is 2. The van der Waals surface area contributed by atoms with E-state index < -0.39 is 10.2 Å². The van der Waals surface area contributed by atoms with Crippen LogP contribution in [0.15, 0.2) is 36.4 Å². The van der Waals surface area contributed by atoms with E-state index in [1.165, 1.54) is 4.31 Å². The summed E-state index contributed by atoms with van der Waals surface area (Å²) in [5.41, 5.74) is 3.94. The molecule has 160 valence electrons. The molecule has 2 aromatic carbocycles. The molecular weight excluding hydrogens is 422 g/mol. The third-order valence-electron chi connectivity index (χ3n) is 5.63. The van der Waals surface area contributed by atoms with E-state index in [2.05, 4.69) is 10.0 Å². The Kier molecular flexibility index (Phi) is 6.32. The van der Waals surface area contributed by atoms with Crippen molar-refractivity contribution >= 4 is 39.0 Å². The van der Waals surface area contributed by atoms with Gasteiger partial charge >= 0.3 is 10.2 Å². The number of carbonyl (C=O) groups excluding carboxylic acids is 1. The highest BCUT2D eigenvalue weighted by Crippen LogP contribution is 2.42. The van der Waals surface area contributed by atoms with Crippen LogP contribution in [-0.2, 0) is 23.1 Å². The Labute approximate surface area is 182 Å². The zero-order chi connectivity index (χ0) is 21.1. The molecule has 30 heavy (non-hydrogen) atoms. The average molecular weight is 448 g/mol. The molecule has 0 aromatic heterocycles. The molecule has 0 radical (unpaired) electrons. The van der Waals surface area contributed by atoms with Crippen LogP contribution in [0.5, 0.6) is 0 Å². The number of unbranched alkanes of at least 4 members (excludes halogenated alkanes) is 1. The number of halogens is 1. The summed E-state index contributed by atoms with van der Waals surface area (Å²) in [6.07, 6.45) is 4.61. The van der Waals surface area contributed by atoms with Gasteiger partial charge in [0.05, 0.1) is 11.4 Å². The summed E-state index contributed by atoms with van der Waals surface area (Å²) >= 11 is 6.16. The van der Waals surface area contributed by atoms with Crippen molar-refractivity contribution in [2.75, 3.05) is 28.7 Å². The summed E-state index contributed by atoms with van der Waals surface area (Å²) < 4.78 is 28.5. The fourth-order valence-corrected chi connectivity index (χ4v) is 5.71. The van der Waals surface area contributed by atoms with Crippen LogP contribution in [0, 0.1) is 0 Å². The van der Waals surface area contributed by atoms with Gasteiger partial charge in [-0.25, -0.2) is 0 Å². The largest absolute Gasteiger partial charge is 0.324 e. The molecule has 2 heterocycles. The monoisotopic (exact) mass is 447 g/mol. The molecule has 0 saturated heterocycles. The number of anilines is 2. The molecule has 0 amide bonds. The highest BCUT2D eigenvalue weighted by atomic mass is 35.5. The van der Waals surface area contributed by atoms with Crippen LogP contribution in [0.25, 0.3) is 0 Å². The van der Waals surface area contributed by atoms with E-state index in [-0.39, 0.29) is 5.78 Å². The van der Waals surface area contributed by atoms with Crippen LogP contribution >= 0.6 is 11.6 Å². The van der Waals surface area contributed by atoms with Gasteiger partial charge in [0, 0.05) is 23.6 Å². The van der Waals surface area contributed by atoms with Crippen molar-refractivity contribution in [3.05, 3.63) is 58.1 Å². The Balaban J connectivity index is 1.24. The number of benzene rings is 2. The van der Waals surface area contributed by atoms with Gasteiger partial charge in [-0.05, 0) is 74.5 Å². The van der Waals surface area contributed by atoms with Crippen molar-refractivity contribution < 1.29 is 13.2 Å². The summed E-state index contributed by atoms with van der Waals surface area (Å²) in [7, 11) is -3.51. The van der Waals surface area contributed by atoms with Crippen molar-refractivity contribution in [2.45, 2.75) is 38.5 Å². The van der Waals surface area contributed by atoms with Gasteiger partial charge in [-0.1, -0.05) is 29.8 Å². The zero-order valence-electron chi connectivity index (χ0n) is 16.8. The minimum absolute atomic E-state index is 0.0633. The first-order valence-corrected chi connectivity index (χ1v) is 12.2. The molecule has 4 rings (SSSR count). The van der Waals surface area contributed by atoms with Crippen molar-refractivity contribution in [2.24, 2.45) is 0 Å². The summed E-state index contributed by atoms with van der Waals surface area (Å²) in [4.78, 5) is 12.7. The molecule has 0 aliphatic carbocycles. The molecular formula is C22H26ClN3O3S. The number of hydrogen-bond donors (Lipinski definition) is 2. The van der Waals surface area contributed by atoms with E-state index in [4.69, 9.17) is 11.6 Å². The average Bonchev–Trinajstić information content (AvgIpc) is 2.99. The maximum atomic E-state index is 12.7. The highest BCUT2D eigenvalue weighted by Gasteiger charge is 2.37. The van der Waals surface area contributed by atoms with Gasteiger partial charge in [0.1, 0.15) is 0 Å². The standard InChI is InChI=1S/C22H26ClN3O3S/c23-19-8-2-1-6-16(19)10-12-24-11-4-3-9-21(27)18-14-17-7-5-13-26-22(17)20(15-18)25-30(26,28)29/h1-2,6,8,14-15,24-25H,3-5,7,9-13H2. The van der Waals surface area contributed by atoms with Gasteiger partial charge in [0.2, 0.25) is 0 Å². The Hall–Kier alpha value is -2.09. The first-order chi connectivity index (χ1) is 14.5. The molecule has 0 bridgehead atoms. The van der Waals surface area contributed by atoms with Gasteiger partial charge < -0.3 is 5.32 Å². The maximum Gasteiger partial charge on any atom is 0.324 e. The number of nitrogens with zero attached hydrogens (tertiary/aromatic N) is 1. The Bertz CT molecular complexity index is 1060. The van der Waals surface area contributed by atoms with E-state index >= 15 is 0 Å². The van der Waals surface area contributed by atoms with E-state index in [9.17, 15) is 13.2 Å². The van der Waals surface area contributed by atoms with Crippen LogP contribution in [-0.4, -0.2) is 33.8 Å². The summed E-state index contributed by atoms with van der Waals surface area (Å²) in [6.45, 7) is 2.19. The van der Waals surface area contributed by atoms with Gasteiger partial charge in [-0.2, -0.15) is 8.42 Å². The number of carbonyl (C=O) groups is 1. The fourth-order valence-electron chi connectivity index (χ4n) is 4.11. The fraction of sp³-hybridized carbons (Fsp3) is 0.409. The molecule has 8 heteroatoms. The quantitative estimate of drug-likeness (QED) is 0.450. The lowest BCUT2D eigenvalue weighted by molar-refractivity contribution is 0.0979. The van der Waals surface area contributed by atoms with Gasteiger partial charge in [0.15, 0.2) is 5.78 Å². The second-order valence-corrected chi connectivity index (χ2v) is 9.79. The predicted octanol–water partition coefficient (Wildman–Crippen LogP) is 3.95. The summed E-state index contributed by atoms with van der Waals surface area (Å²) in [5.74, 6) is 0.0633. The van der Waals surface area contributed by atoms with Crippen LogP contribution in [0.1, 0.15) is 47.2 Å². The Morgan fingerprint density at radius 2 is 2.00 bits per heavy atom. The van der Waals surface area contributed by atoms with Crippen LogP contribution < -0.4 is 14.3 Å². The second kappa shape index (κ2) is 8.96. The third kappa shape index (κ3) is 4.48. The normalized spacial score (nSPS) is 16.2. The molecule has 0 fully saturated rings. The van der Waals surface area contributed by atoms with Crippen molar-refractivity contribution in [1.29, 1.82) is 0 Å². The molecule has 0 saturated carbocycles. The number of aryl methyl sites for hydroxylation is 1. The second-order valence-electron chi connectivity index (χ2n) is 7.79. The van der Waals surface area contributed by atoms with E-state index in [0.29, 0.717) is 24.2 Å². The topological polar surface area (TPSA) is 78.5 Å². The summed E-state index contributed by atoms with van der Waals surface area (Å²) in [5, 5.41) is 4.19. The predicted molar refractivity (Wildman–Crippen MR) is 121 cm³/mol. The molecule has 2 N–H and O–H groups in total. The number of hydrogen-bond acceptors (Lipinski definition) is 4. The minimum atomic E-state index is -3.51. The lowest BCUT2D eigenvalue weighted by Gasteiger charge is -2.24. The SMILES string of the molecule is O=C(CCCCNCCc1ccccc1Cl)c1cc2c3c(c1)NS(=O)(=O)N3CCC2. The number of ketones is 1. The first kappa shape index (κ1) is 21.2. The lowest BCUT2D eigenvalue weighted by atomic mass is 9.96. The van der Waals surface area contributed by atoms with Crippen molar-refractivity contribution in [1.82, 2.24) is 5.32 Å². The van der Waals surface area contributed by atoms with E-state index in [1.807, 2.05) is 30.3 Å². The van der Waals surface area contributed by atoms with E-state index in [0.717, 1.165) is 67.0 Å². The third-order valence-corrected chi connectivity index (χ3v) is 7.42. The Morgan fingerprint density at radius 3 is 2.83 bits per heavy atom. The Morgan fingerprint density at radius 1 is 1.17 bits per heavy atom. The number of Topliss-reactive ketones (excluding diaryl/α,β-unsaturated/α-hetero) is 1.